The summed E-state index contributed by atoms with van der Waals surface area (Å²) < 4.78 is 0. The molecule has 0 aromatic heterocycles. The van der Waals surface area contributed by atoms with Crippen LogP contribution in [0, 0.1) is 5.92 Å². The van der Waals surface area contributed by atoms with Crippen molar-refractivity contribution in [2.45, 2.75) is 58.3 Å². The Labute approximate surface area is 93.8 Å². The van der Waals surface area contributed by atoms with Crippen molar-refractivity contribution in [1.29, 1.82) is 0 Å². The maximum atomic E-state index is 11.9. The zero-order valence-corrected chi connectivity index (χ0v) is 10.1. The molecule has 0 amide bonds. The second-order valence-electron chi connectivity index (χ2n) is 4.67. The lowest BCUT2D eigenvalue weighted by molar-refractivity contribution is -0.123. The first kappa shape index (κ1) is 12.7. The van der Waals surface area contributed by atoms with Gasteiger partial charge in [-0.1, -0.05) is 32.6 Å². The topological polar surface area (TPSA) is 29.1 Å². The smallest absolute Gasteiger partial charge is 0.137 e. The second kappa shape index (κ2) is 7.86. The molecule has 0 aromatic rings. The first-order valence-electron chi connectivity index (χ1n) is 6.58. The van der Waals surface area contributed by atoms with Gasteiger partial charge in [-0.2, -0.15) is 0 Å². The molecule has 2 heteroatoms. The molecule has 1 unspecified atom stereocenters. The van der Waals surface area contributed by atoms with Gasteiger partial charge >= 0.3 is 0 Å². The van der Waals surface area contributed by atoms with E-state index in [1.807, 2.05) is 0 Å². The third kappa shape index (κ3) is 5.31. The highest BCUT2D eigenvalue weighted by molar-refractivity contribution is 5.81. The fourth-order valence-corrected chi connectivity index (χ4v) is 2.25. The molecule has 15 heavy (non-hydrogen) atoms. The molecule has 0 saturated heterocycles. The van der Waals surface area contributed by atoms with Crippen molar-refractivity contribution in [2.75, 3.05) is 13.1 Å². The van der Waals surface area contributed by atoms with Crippen molar-refractivity contribution in [3.8, 4) is 0 Å². The third-order valence-corrected chi connectivity index (χ3v) is 3.25. The predicted octanol–water partition coefficient (Wildman–Crippen LogP) is 2.92. The van der Waals surface area contributed by atoms with Crippen LogP contribution >= 0.6 is 0 Å². The summed E-state index contributed by atoms with van der Waals surface area (Å²) in [7, 11) is 0. The van der Waals surface area contributed by atoms with Gasteiger partial charge in [0.1, 0.15) is 5.78 Å². The SMILES string of the molecule is CCCNCC1CCCCCCCC1=O. The molecule has 0 aromatic carbocycles. The Morgan fingerprint density at radius 1 is 1.20 bits per heavy atom. The molecular weight excluding hydrogens is 186 g/mol. The van der Waals surface area contributed by atoms with E-state index in [9.17, 15) is 4.79 Å². The molecule has 1 rings (SSSR count). The van der Waals surface area contributed by atoms with Crippen LogP contribution in [0.1, 0.15) is 58.3 Å². The van der Waals surface area contributed by atoms with Gasteiger partial charge in [-0.15, -0.1) is 0 Å². The van der Waals surface area contributed by atoms with E-state index in [-0.39, 0.29) is 0 Å². The lowest BCUT2D eigenvalue weighted by Crippen LogP contribution is -2.29. The average Bonchev–Trinajstić information content (AvgIpc) is 2.33. The summed E-state index contributed by atoms with van der Waals surface area (Å²) in [5.41, 5.74) is 0. The number of hydrogen-bond acceptors (Lipinski definition) is 2. The average molecular weight is 211 g/mol. The van der Waals surface area contributed by atoms with Gasteiger partial charge in [0.2, 0.25) is 0 Å². The van der Waals surface area contributed by atoms with Crippen molar-refractivity contribution in [2.24, 2.45) is 5.92 Å². The Balaban J connectivity index is 2.31. The van der Waals surface area contributed by atoms with Crippen LogP contribution in [0.5, 0.6) is 0 Å². The first-order valence-corrected chi connectivity index (χ1v) is 6.58. The van der Waals surface area contributed by atoms with Crippen LogP contribution in [0.4, 0.5) is 0 Å². The Morgan fingerprint density at radius 3 is 2.73 bits per heavy atom. The van der Waals surface area contributed by atoms with E-state index in [0.29, 0.717) is 11.7 Å². The molecule has 0 aliphatic heterocycles. The van der Waals surface area contributed by atoms with Crippen LogP contribution in [0.25, 0.3) is 0 Å². The summed E-state index contributed by atoms with van der Waals surface area (Å²) in [5.74, 6) is 0.801. The van der Waals surface area contributed by atoms with E-state index in [0.717, 1.165) is 38.8 Å². The normalized spacial score (nSPS) is 24.3. The molecule has 0 heterocycles. The Morgan fingerprint density at radius 2 is 1.93 bits per heavy atom. The Kier molecular flexibility index (Phi) is 6.66. The lowest BCUT2D eigenvalue weighted by Gasteiger charge is -2.15. The zero-order chi connectivity index (χ0) is 10.9. The van der Waals surface area contributed by atoms with Crippen LogP contribution in [-0.2, 0) is 4.79 Å². The summed E-state index contributed by atoms with van der Waals surface area (Å²) in [6, 6.07) is 0. The number of carbonyl (C=O) groups excluding carboxylic acids is 1. The monoisotopic (exact) mass is 211 g/mol. The Bertz CT molecular complexity index is 179. The number of hydrogen-bond donors (Lipinski definition) is 1. The third-order valence-electron chi connectivity index (χ3n) is 3.25. The second-order valence-corrected chi connectivity index (χ2v) is 4.67. The van der Waals surface area contributed by atoms with Crippen LogP contribution < -0.4 is 5.32 Å². The fourth-order valence-electron chi connectivity index (χ4n) is 2.25. The van der Waals surface area contributed by atoms with Gasteiger partial charge in [-0.25, -0.2) is 0 Å². The van der Waals surface area contributed by atoms with Crippen LogP contribution in [0.2, 0.25) is 0 Å². The van der Waals surface area contributed by atoms with Gasteiger partial charge in [-0.3, -0.25) is 4.79 Å². The lowest BCUT2D eigenvalue weighted by atomic mass is 9.95. The van der Waals surface area contributed by atoms with Gasteiger partial charge < -0.3 is 5.32 Å². The standard InChI is InChI=1S/C13H25NO/c1-2-10-14-11-12-8-6-4-3-5-7-9-13(12)15/h12,14H,2-11H2,1H3. The number of nitrogens with one attached hydrogen (secondary N) is 1. The molecule has 88 valence electrons. The molecule has 1 aliphatic rings. The molecule has 2 nitrogen and oxygen atoms in total. The van der Waals surface area contributed by atoms with Crippen molar-refractivity contribution in [3.63, 3.8) is 0 Å². The molecule has 0 bridgehead atoms. The fraction of sp³-hybridized carbons (Fsp3) is 0.923. The van der Waals surface area contributed by atoms with E-state index < -0.39 is 0 Å². The molecule has 0 radical (unpaired) electrons. The Hall–Kier alpha value is -0.370. The van der Waals surface area contributed by atoms with E-state index >= 15 is 0 Å². The van der Waals surface area contributed by atoms with Gasteiger partial charge in [0.25, 0.3) is 0 Å². The van der Waals surface area contributed by atoms with Crippen molar-refractivity contribution in [1.82, 2.24) is 5.32 Å². The van der Waals surface area contributed by atoms with Gasteiger partial charge in [0, 0.05) is 18.9 Å². The number of Topliss-reactive ketones (excluding diaryl/α,β-unsaturated/α-hetero) is 1. The quantitative estimate of drug-likeness (QED) is 0.724. The van der Waals surface area contributed by atoms with Crippen LogP contribution in [0.15, 0.2) is 0 Å². The maximum Gasteiger partial charge on any atom is 0.137 e. The van der Waals surface area contributed by atoms with E-state index in [1.54, 1.807) is 0 Å². The van der Waals surface area contributed by atoms with Crippen LogP contribution in [0.3, 0.4) is 0 Å². The highest BCUT2D eigenvalue weighted by atomic mass is 16.1. The van der Waals surface area contributed by atoms with Crippen molar-refractivity contribution < 1.29 is 4.79 Å². The highest BCUT2D eigenvalue weighted by Gasteiger charge is 2.18. The molecule has 1 aliphatic carbocycles. The number of ketones is 1. The van der Waals surface area contributed by atoms with E-state index in [1.165, 1.54) is 25.7 Å². The zero-order valence-electron chi connectivity index (χ0n) is 10.1. The van der Waals surface area contributed by atoms with Gasteiger partial charge in [0.05, 0.1) is 0 Å². The minimum Gasteiger partial charge on any atom is -0.316 e. The number of carbonyl (C=O) groups is 1. The van der Waals surface area contributed by atoms with Crippen molar-refractivity contribution >= 4 is 5.78 Å². The summed E-state index contributed by atoms with van der Waals surface area (Å²) in [6.07, 6.45) is 9.32. The first-order chi connectivity index (χ1) is 7.34. The minimum absolute atomic E-state index is 0.301. The minimum atomic E-state index is 0.301. The van der Waals surface area contributed by atoms with Gasteiger partial charge in [-0.05, 0) is 25.8 Å². The molecule has 1 atom stereocenters. The molecule has 1 N–H and O–H groups in total. The van der Waals surface area contributed by atoms with Crippen LogP contribution in [-0.4, -0.2) is 18.9 Å². The largest absolute Gasteiger partial charge is 0.316 e. The predicted molar refractivity (Wildman–Crippen MR) is 64.0 cm³/mol. The summed E-state index contributed by atoms with van der Waals surface area (Å²) in [6.45, 7) is 4.12. The van der Waals surface area contributed by atoms with E-state index in [4.69, 9.17) is 0 Å². The molecule has 1 saturated carbocycles. The molecule has 1 fully saturated rings. The molecular formula is C13H25NO. The summed E-state index contributed by atoms with van der Waals surface area (Å²) in [5, 5.41) is 3.38. The van der Waals surface area contributed by atoms with Gasteiger partial charge in [0.15, 0.2) is 0 Å². The maximum absolute atomic E-state index is 11.9. The van der Waals surface area contributed by atoms with Crippen molar-refractivity contribution in [3.05, 3.63) is 0 Å². The molecule has 0 spiro atoms. The number of rotatable bonds is 4. The van der Waals surface area contributed by atoms with E-state index in [2.05, 4.69) is 12.2 Å². The highest BCUT2D eigenvalue weighted by Crippen LogP contribution is 2.18. The summed E-state index contributed by atoms with van der Waals surface area (Å²) in [4.78, 5) is 11.9. The summed E-state index contributed by atoms with van der Waals surface area (Å²) >= 11 is 0.